The highest BCUT2D eigenvalue weighted by Gasteiger charge is 2.36. The van der Waals surface area contributed by atoms with Gasteiger partial charge in [-0.25, -0.2) is 8.42 Å². The molecule has 1 saturated carbocycles. The molecule has 0 bridgehead atoms. The van der Waals surface area contributed by atoms with Crippen molar-refractivity contribution in [3.05, 3.63) is 65.2 Å². The van der Waals surface area contributed by atoms with Crippen molar-refractivity contribution in [3.63, 3.8) is 0 Å². The molecule has 2 aromatic rings. The van der Waals surface area contributed by atoms with Gasteiger partial charge in [0.2, 0.25) is 15.9 Å². The Balaban J connectivity index is 1.43. The van der Waals surface area contributed by atoms with E-state index in [4.69, 9.17) is 11.6 Å². The van der Waals surface area contributed by atoms with E-state index in [0.717, 1.165) is 51.7 Å². The minimum absolute atomic E-state index is 0.0936. The summed E-state index contributed by atoms with van der Waals surface area (Å²) in [6, 6.07) is 16.5. The van der Waals surface area contributed by atoms with Gasteiger partial charge < -0.3 is 9.80 Å². The Morgan fingerprint density at radius 3 is 2.24 bits per heavy atom. The lowest BCUT2D eigenvalue weighted by molar-refractivity contribution is -0.917. The largest absolute Gasteiger partial charge is 0.330 e. The van der Waals surface area contributed by atoms with Crippen molar-refractivity contribution in [2.75, 3.05) is 32.7 Å². The van der Waals surface area contributed by atoms with Gasteiger partial charge in [-0.3, -0.25) is 4.79 Å². The number of hydrogen-bond donors (Lipinski definition) is 1. The van der Waals surface area contributed by atoms with Crippen molar-refractivity contribution >= 4 is 27.5 Å². The van der Waals surface area contributed by atoms with Gasteiger partial charge in [0.05, 0.1) is 37.6 Å². The molecule has 1 N–H and O–H groups in total. The second-order valence-corrected chi connectivity index (χ2v) is 11.4. The van der Waals surface area contributed by atoms with Crippen LogP contribution in [0.2, 0.25) is 5.02 Å². The lowest BCUT2D eigenvalue weighted by Crippen LogP contribution is -3.13. The van der Waals surface area contributed by atoms with Crippen molar-refractivity contribution in [2.45, 2.75) is 49.6 Å². The molecule has 33 heavy (non-hydrogen) atoms. The number of carbonyl (C=O) groups is 1. The van der Waals surface area contributed by atoms with Crippen LogP contribution in [0.5, 0.6) is 0 Å². The minimum Gasteiger partial charge on any atom is -0.330 e. The molecule has 0 atom stereocenters. The topological polar surface area (TPSA) is 62.1 Å². The Labute approximate surface area is 202 Å². The van der Waals surface area contributed by atoms with E-state index in [1.165, 1.54) is 26.9 Å². The van der Waals surface area contributed by atoms with Gasteiger partial charge in [0.15, 0.2) is 0 Å². The Morgan fingerprint density at radius 1 is 0.970 bits per heavy atom. The first-order valence-corrected chi connectivity index (χ1v) is 13.7. The average Bonchev–Trinajstić information content (AvgIpc) is 2.84. The molecule has 0 radical (unpaired) electrons. The molecular formula is C25H33ClN3O3S+. The first kappa shape index (κ1) is 24.2. The quantitative estimate of drug-likeness (QED) is 0.649. The molecule has 2 aromatic carbocycles. The summed E-state index contributed by atoms with van der Waals surface area (Å²) < 4.78 is 28.5. The second kappa shape index (κ2) is 11.0. The minimum atomic E-state index is -3.78. The normalized spacial score (nSPS) is 18.5. The number of sulfonamides is 1. The highest BCUT2D eigenvalue weighted by atomic mass is 35.5. The lowest BCUT2D eigenvalue weighted by Gasteiger charge is -2.36. The predicted molar refractivity (Wildman–Crippen MR) is 130 cm³/mol. The Kier molecular flexibility index (Phi) is 8.07. The lowest BCUT2D eigenvalue weighted by atomic mass is 9.95. The van der Waals surface area contributed by atoms with E-state index in [9.17, 15) is 13.2 Å². The van der Waals surface area contributed by atoms with Crippen LogP contribution in [0.1, 0.15) is 37.7 Å². The summed E-state index contributed by atoms with van der Waals surface area (Å²) >= 11 is 5.97. The molecule has 0 aromatic heterocycles. The summed E-state index contributed by atoms with van der Waals surface area (Å²) in [5.41, 5.74) is 1.30. The molecule has 1 amide bonds. The fourth-order valence-corrected chi connectivity index (χ4v) is 6.65. The summed E-state index contributed by atoms with van der Waals surface area (Å²) in [5, 5.41) is 0.491. The molecule has 2 fully saturated rings. The maximum absolute atomic E-state index is 13.5. The van der Waals surface area contributed by atoms with Gasteiger partial charge in [-0.05, 0) is 37.1 Å². The molecule has 0 spiro atoms. The third-order valence-corrected chi connectivity index (χ3v) is 8.98. The number of hydrogen-bond acceptors (Lipinski definition) is 3. The van der Waals surface area contributed by atoms with Crippen LogP contribution in [0.25, 0.3) is 0 Å². The highest BCUT2D eigenvalue weighted by Crippen LogP contribution is 2.28. The first-order chi connectivity index (χ1) is 15.9. The summed E-state index contributed by atoms with van der Waals surface area (Å²) in [6.45, 7) is 3.90. The molecule has 8 heteroatoms. The molecule has 1 saturated heterocycles. The maximum atomic E-state index is 13.5. The number of nitrogens with one attached hydrogen (secondary N) is 1. The number of carbonyl (C=O) groups excluding carboxylic acids is 1. The number of halogens is 1. The first-order valence-electron chi connectivity index (χ1n) is 11.9. The van der Waals surface area contributed by atoms with Gasteiger partial charge in [-0.1, -0.05) is 61.2 Å². The predicted octanol–water partition coefficient (Wildman–Crippen LogP) is 2.59. The van der Waals surface area contributed by atoms with E-state index < -0.39 is 10.0 Å². The van der Waals surface area contributed by atoms with Crippen molar-refractivity contribution in [1.82, 2.24) is 9.21 Å². The van der Waals surface area contributed by atoms with Crippen molar-refractivity contribution in [1.29, 1.82) is 0 Å². The van der Waals surface area contributed by atoms with Gasteiger partial charge in [-0.15, -0.1) is 0 Å². The third-order valence-electron chi connectivity index (χ3n) is 6.81. The van der Waals surface area contributed by atoms with E-state index in [1.807, 2.05) is 11.0 Å². The smallest absolute Gasteiger partial charge is 0.243 e. The fourth-order valence-electron chi connectivity index (χ4n) is 4.89. The zero-order valence-electron chi connectivity index (χ0n) is 19.0. The van der Waals surface area contributed by atoms with E-state index >= 15 is 0 Å². The average molecular weight is 491 g/mol. The summed E-state index contributed by atoms with van der Waals surface area (Å²) in [7, 11) is -3.78. The molecule has 1 aliphatic heterocycles. The van der Waals surface area contributed by atoms with E-state index in [-0.39, 0.29) is 23.4 Å². The molecule has 2 aliphatic rings. The number of piperazine rings is 1. The van der Waals surface area contributed by atoms with E-state index in [0.29, 0.717) is 18.1 Å². The zero-order chi connectivity index (χ0) is 23.3. The fraction of sp³-hybridized carbons (Fsp3) is 0.480. The molecule has 0 unspecified atom stereocenters. The summed E-state index contributed by atoms with van der Waals surface area (Å²) in [5.74, 6) is -0.100. The van der Waals surface area contributed by atoms with Gasteiger partial charge in [0.1, 0.15) is 6.54 Å². The summed E-state index contributed by atoms with van der Waals surface area (Å²) in [4.78, 5) is 16.7. The van der Waals surface area contributed by atoms with Crippen LogP contribution in [0, 0.1) is 0 Å². The number of quaternary nitrogens is 1. The molecule has 6 nitrogen and oxygen atoms in total. The number of benzene rings is 2. The standard InChI is InChI=1S/C25H32ClN3O3S/c26-22-11-13-24(14-12-22)33(31,32)29(23-9-5-2-6-10-23)20-25(30)28-17-15-27(16-18-28)19-21-7-3-1-4-8-21/h1,3-4,7-8,11-14,23H,2,5-6,9-10,15-20H2/p+1. The monoisotopic (exact) mass is 490 g/mol. The third kappa shape index (κ3) is 6.15. The Bertz CT molecular complexity index is 1020. The molecule has 1 aliphatic carbocycles. The second-order valence-electron chi connectivity index (χ2n) is 9.09. The SMILES string of the molecule is O=C(CN(C1CCCCC1)S(=O)(=O)c1ccc(Cl)cc1)N1CC[NH+](Cc2ccccc2)CC1. The highest BCUT2D eigenvalue weighted by molar-refractivity contribution is 7.89. The molecular weight excluding hydrogens is 458 g/mol. The van der Waals surface area contributed by atoms with E-state index in [2.05, 4.69) is 24.3 Å². The van der Waals surface area contributed by atoms with Crippen molar-refractivity contribution in [3.8, 4) is 0 Å². The molecule has 1 heterocycles. The van der Waals surface area contributed by atoms with Gasteiger partial charge in [0.25, 0.3) is 0 Å². The zero-order valence-corrected chi connectivity index (χ0v) is 20.5. The van der Waals surface area contributed by atoms with Crippen LogP contribution in [0.3, 0.4) is 0 Å². The Morgan fingerprint density at radius 2 is 1.61 bits per heavy atom. The van der Waals surface area contributed by atoms with Crippen LogP contribution in [0.4, 0.5) is 0 Å². The summed E-state index contributed by atoms with van der Waals surface area (Å²) in [6.07, 6.45) is 4.70. The number of amides is 1. The van der Waals surface area contributed by atoms with Crippen molar-refractivity contribution < 1.29 is 18.1 Å². The number of nitrogens with zero attached hydrogens (tertiary/aromatic N) is 2. The molecule has 178 valence electrons. The maximum Gasteiger partial charge on any atom is 0.243 e. The van der Waals surface area contributed by atoms with Gasteiger partial charge >= 0.3 is 0 Å². The van der Waals surface area contributed by atoms with Gasteiger partial charge in [-0.2, -0.15) is 4.31 Å². The van der Waals surface area contributed by atoms with Crippen LogP contribution < -0.4 is 4.90 Å². The van der Waals surface area contributed by atoms with Crippen LogP contribution >= 0.6 is 11.6 Å². The molecule has 4 rings (SSSR count). The number of rotatable bonds is 7. The van der Waals surface area contributed by atoms with E-state index in [1.54, 1.807) is 12.1 Å². The van der Waals surface area contributed by atoms with Crippen LogP contribution in [-0.4, -0.2) is 62.3 Å². The van der Waals surface area contributed by atoms with Crippen molar-refractivity contribution in [2.24, 2.45) is 0 Å². The Hall–Kier alpha value is -1.93. The van der Waals surface area contributed by atoms with Crippen LogP contribution in [0.15, 0.2) is 59.5 Å². The van der Waals surface area contributed by atoms with Crippen LogP contribution in [-0.2, 0) is 21.4 Å². The van der Waals surface area contributed by atoms with Gasteiger partial charge in [0, 0.05) is 16.6 Å².